The molecule has 1 N–H and O–H groups in total. The van der Waals surface area contributed by atoms with Crippen molar-refractivity contribution in [1.29, 1.82) is 0 Å². The summed E-state index contributed by atoms with van der Waals surface area (Å²) in [6.07, 6.45) is 5.23. The van der Waals surface area contributed by atoms with Crippen molar-refractivity contribution in [3.63, 3.8) is 0 Å². The molecule has 20 heavy (non-hydrogen) atoms. The van der Waals surface area contributed by atoms with E-state index < -0.39 is 0 Å². The maximum atomic E-state index is 5.45. The number of nitrogens with one attached hydrogen (secondary N) is 1. The summed E-state index contributed by atoms with van der Waals surface area (Å²) in [4.78, 5) is 8.72. The van der Waals surface area contributed by atoms with Gasteiger partial charge in [0.05, 0.1) is 13.3 Å². The minimum absolute atomic E-state index is 0.138. The molecule has 1 atom stereocenters. The molecule has 108 valence electrons. The normalized spacial score (nSPS) is 12.7. The van der Waals surface area contributed by atoms with Gasteiger partial charge in [0, 0.05) is 18.4 Å². The van der Waals surface area contributed by atoms with Gasteiger partial charge in [0.1, 0.15) is 11.7 Å². The topological polar surface area (TPSA) is 64.9 Å². The molecule has 0 aliphatic heterocycles. The summed E-state index contributed by atoms with van der Waals surface area (Å²) in [5.74, 6) is 1.46. The molecule has 0 amide bonds. The van der Waals surface area contributed by atoms with E-state index in [1.54, 1.807) is 25.7 Å². The first-order valence-electron chi connectivity index (χ1n) is 6.80. The quantitative estimate of drug-likeness (QED) is 0.873. The Morgan fingerprint density at radius 1 is 1.30 bits per heavy atom. The van der Waals surface area contributed by atoms with Crippen molar-refractivity contribution >= 4 is 0 Å². The minimum Gasteiger partial charge on any atom is -0.493 e. The molecule has 0 radical (unpaired) electrons. The highest BCUT2D eigenvalue weighted by molar-refractivity contribution is 5.32. The van der Waals surface area contributed by atoms with Crippen LogP contribution in [-0.2, 0) is 0 Å². The third-order valence-corrected chi connectivity index (χ3v) is 3.03. The zero-order valence-corrected chi connectivity index (χ0v) is 12.4. The number of hydrogen-bond acceptors (Lipinski definition) is 5. The monoisotopic (exact) mass is 275 g/mol. The molecule has 1 unspecified atom stereocenters. The van der Waals surface area contributed by atoms with E-state index in [0.29, 0.717) is 0 Å². The van der Waals surface area contributed by atoms with Crippen LogP contribution in [0.15, 0.2) is 24.7 Å². The molecular formula is C14H21N5O. The molecule has 0 bridgehead atoms. The second kappa shape index (κ2) is 6.47. The molecule has 0 fully saturated rings. The van der Waals surface area contributed by atoms with E-state index in [4.69, 9.17) is 4.74 Å². The van der Waals surface area contributed by atoms with Gasteiger partial charge < -0.3 is 10.1 Å². The lowest BCUT2D eigenvalue weighted by atomic mass is 10.1. The van der Waals surface area contributed by atoms with Gasteiger partial charge in [-0.2, -0.15) is 5.10 Å². The van der Waals surface area contributed by atoms with Gasteiger partial charge in [0.2, 0.25) is 0 Å². The Kier molecular flexibility index (Phi) is 4.68. The fourth-order valence-corrected chi connectivity index (χ4v) is 2.17. The van der Waals surface area contributed by atoms with Crippen LogP contribution < -0.4 is 10.1 Å². The van der Waals surface area contributed by atoms with Crippen molar-refractivity contribution in [3.8, 4) is 5.75 Å². The second-order valence-corrected chi connectivity index (χ2v) is 4.73. The van der Waals surface area contributed by atoms with Crippen molar-refractivity contribution in [2.75, 3.05) is 13.7 Å². The maximum absolute atomic E-state index is 5.45. The molecule has 2 heterocycles. The molecule has 0 aromatic carbocycles. The molecule has 2 rings (SSSR count). The molecule has 0 saturated heterocycles. The van der Waals surface area contributed by atoms with Crippen LogP contribution >= 0.6 is 0 Å². The molecule has 0 spiro atoms. The molecule has 0 aliphatic carbocycles. The zero-order valence-electron chi connectivity index (χ0n) is 12.4. The van der Waals surface area contributed by atoms with Gasteiger partial charge in [0.15, 0.2) is 11.6 Å². The van der Waals surface area contributed by atoms with E-state index in [1.807, 2.05) is 10.7 Å². The average Bonchev–Trinajstić information content (AvgIpc) is 2.89. The first-order valence-corrected chi connectivity index (χ1v) is 6.80. The third kappa shape index (κ3) is 2.80. The summed E-state index contributed by atoms with van der Waals surface area (Å²) < 4.78 is 7.39. The minimum atomic E-state index is -0.138. The highest BCUT2D eigenvalue weighted by Gasteiger charge is 2.25. The van der Waals surface area contributed by atoms with Crippen LogP contribution in [0.3, 0.4) is 0 Å². The van der Waals surface area contributed by atoms with E-state index in [2.05, 4.69) is 41.2 Å². The fourth-order valence-electron chi connectivity index (χ4n) is 2.17. The van der Waals surface area contributed by atoms with Gasteiger partial charge in [-0.25, -0.2) is 9.97 Å². The Morgan fingerprint density at radius 3 is 2.55 bits per heavy atom. The van der Waals surface area contributed by atoms with Crippen LogP contribution in [0.2, 0.25) is 0 Å². The number of methoxy groups -OCH3 is 1. The highest BCUT2D eigenvalue weighted by atomic mass is 16.5. The van der Waals surface area contributed by atoms with E-state index in [0.717, 1.165) is 23.8 Å². The zero-order chi connectivity index (χ0) is 14.5. The predicted octanol–water partition coefficient (Wildman–Crippen LogP) is 1.96. The number of nitrogens with zero attached hydrogens (tertiary/aromatic N) is 4. The van der Waals surface area contributed by atoms with Crippen LogP contribution in [-0.4, -0.2) is 33.4 Å². The van der Waals surface area contributed by atoms with Gasteiger partial charge in [0.25, 0.3) is 0 Å². The van der Waals surface area contributed by atoms with Crippen LogP contribution in [0.1, 0.15) is 44.4 Å². The molecule has 6 heteroatoms. The van der Waals surface area contributed by atoms with E-state index >= 15 is 0 Å². The van der Waals surface area contributed by atoms with Crippen LogP contribution in [0.25, 0.3) is 0 Å². The first-order chi connectivity index (χ1) is 9.69. The van der Waals surface area contributed by atoms with Gasteiger partial charge >= 0.3 is 0 Å². The fraction of sp³-hybridized carbons (Fsp3) is 0.500. The van der Waals surface area contributed by atoms with Crippen molar-refractivity contribution in [1.82, 2.24) is 25.1 Å². The van der Waals surface area contributed by atoms with Gasteiger partial charge in [-0.1, -0.05) is 6.92 Å². The average molecular weight is 275 g/mol. The van der Waals surface area contributed by atoms with Crippen molar-refractivity contribution < 1.29 is 4.74 Å². The van der Waals surface area contributed by atoms with Crippen LogP contribution in [0.5, 0.6) is 5.75 Å². The number of aromatic nitrogens is 4. The van der Waals surface area contributed by atoms with Gasteiger partial charge in [-0.05, 0) is 26.5 Å². The number of hydrogen-bond donors (Lipinski definition) is 1. The summed E-state index contributed by atoms with van der Waals surface area (Å²) in [6, 6.07) is 1.91. The molecule has 0 saturated carbocycles. The van der Waals surface area contributed by atoms with E-state index in [9.17, 15) is 0 Å². The van der Waals surface area contributed by atoms with E-state index in [1.165, 1.54) is 0 Å². The molecule has 0 aliphatic rings. The summed E-state index contributed by atoms with van der Waals surface area (Å²) in [6.45, 7) is 7.03. The highest BCUT2D eigenvalue weighted by Crippen LogP contribution is 2.30. The number of ether oxygens (including phenoxy) is 1. The lowest BCUT2D eigenvalue weighted by Gasteiger charge is -2.20. The standard InChI is InChI=1S/C14H21N5O/c1-5-15-12(14-16-7-6-8-17-14)13-11(20-4)9-18-19(13)10(2)3/h6-10,12,15H,5H2,1-4H3. The Balaban J connectivity index is 2.51. The Morgan fingerprint density at radius 2 is 2.00 bits per heavy atom. The molecule has 2 aromatic rings. The molecular weight excluding hydrogens is 254 g/mol. The van der Waals surface area contributed by atoms with Crippen LogP contribution in [0, 0.1) is 0 Å². The van der Waals surface area contributed by atoms with Gasteiger partial charge in [-0.3, -0.25) is 4.68 Å². The maximum Gasteiger partial charge on any atom is 0.162 e. The van der Waals surface area contributed by atoms with Gasteiger partial charge in [-0.15, -0.1) is 0 Å². The summed E-state index contributed by atoms with van der Waals surface area (Å²) in [5.41, 5.74) is 0.954. The first kappa shape index (κ1) is 14.5. The molecule has 2 aromatic heterocycles. The molecule has 6 nitrogen and oxygen atoms in total. The smallest absolute Gasteiger partial charge is 0.162 e. The SMILES string of the molecule is CCNC(c1ncccn1)c1c(OC)cnn1C(C)C. The third-order valence-electron chi connectivity index (χ3n) is 3.03. The summed E-state index contributed by atoms with van der Waals surface area (Å²) in [5, 5.41) is 7.82. The van der Waals surface area contributed by atoms with Crippen molar-refractivity contribution in [3.05, 3.63) is 36.2 Å². The lowest BCUT2D eigenvalue weighted by molar-refractivity contribution is 0.392. The largest absolute Gasteiger partial charge is 0.493 e. The lowest BCUT2D eigenvalue weighted by Crippen LogP contribution is -2.27. The number of rotatable bonds is 6. The van der Waals surface area contributed by atoms with Crippen molar-refractivity contribution in [2.24, 2.45) is 0 Å². The Hall–Kier alpha value is -1.95. The summed E-state index contributed by atoms with van der Waals surface area (Å²) in [7, 11) is 1.65. The van der Waals surface area contributed by atoms with Crippen molar-refractivity contribution in [2.45, 2.75) is 32.9 Å². The second-order valence-electron chi connectivity index (χ2n) is 4.73. The Labute approximate surface area is 119 Å². The predicted molar refractivity (Wildman–Crippen MR) is 76.7 cm³/mol. The van der Waals surface area contributed by atoms with E-state index in [-0.39, 0.29) is 12.1 Å². The van der Waals surface area contributed by atoms with Crippen LogP contribution in [0.4, 0.5) is 0 Å². The summed E-state index contributed by atoms with van der Waals surface area (Å²) >= 11 is 0. The Bertz CT molecular complexity index is 538.